The third kappa shape index (κ3) is 3.00. The van der Waals surface area contributed by atoms with E-state index in [9.17, 15) is 13.9 Å². The maximum Gasteiger partial charge on any atom is 0.263 e. The van der Waals surface area contributed by atoms with Crippen LogP contribution in [0.2, 0.25) is 0 Å². The monoisotopic (exact) mass is 227 g/mol. The Labute approximate surface area is 93.5 Å². The van der Waals surface area contributed by atoms with Crippen LogP contribution >= 0.6 is 0 Å². The molecule has 0 aromatic heterocycles. The van der Waals surface area contributed by atoms with E-state index < -0.39 is 18.4 Å². The van der Waals surface area contributed by atoms with Crippen LogP contribution in [-0.2, 0) is 6.54 Å². The fraction of sp³-hybridized carbons (Fsp3) is 0.500. The van der Waals surface area contributed by atoms with Gasteiger partial charge >= 0.3 is 0 Å². The van der Waals surface area contributed by atoms with Gasteiger partial charge in [-0.3, -0.25) is 4.90 Å². The van der Waals surface area contributed by atoms with E-state index in [2.05, 4.69) is 0 Å². The molecule has 4 heteroatoms. The zero-order valence-electron chi connectivity index (χ0n) is 8.94. The Hall–Kier alpha value is -1.00. The summed E-state index contributed by atoms with van der Waals surface area (Å²) in [6.07, 6.45) is -1.34. The SMILES string of the molecule is OC1CN(Cc2ccccc2)CC(F)(F)C1. The molecule has 1 fully saturated rings. The lowest BCUT2D eigenvalue weighted by molar-refractivity contribution is -0.109. The maximum atomic E-state index is 13.2. The number of aliphatic hydroxyl groups excluding tert-OH is 1. The van der Waals surface area contributed by atoms with Gasteiger partial charge in [0.15, 0.2) is 0 Å². The van der Waals surface area contributed by atoms with E-state index >= 15 is 0 Å². The van der Waals surface area contributed by atoms with Crippen molar-refractivity contribution in [3.63, 3.8) is 0 Å². The quantitative estimate of drug-likeness (QED) is 0.834. The second-order valence-corrected chi connectivity index (χ2v) is 4.37. The molecule has 0 saturated carbocycles. The molecule has 0 amide bonds. The number of piperidine rings is 1. The van der Waals surface area contributed by atoms with Crippen LogP contribution in [0.1, 0.15) is 12.0 Å². The summed E-state index contributed by atoms with van der Waals surface area (Å²) in [4.78, 5) is 1.60. The predicted octanol–water partition coefficient (Wildman–Crippen LogP) is 1.89. The highest BCUT2D eigenvalue weighted by Crippen LogP contribution is 2.27. The summed E-state index contributed by atoms with van der Waals surface area (Å²) in [5, 5.41) is 9.37. The number of rotatable bonds is 2. The summed E-state index contributed by atoms with van der Waals surface area (Å²) in [5.41, 5.74) is 0.993. The van der Waals surface area contributed by atoms with Crippen LogP contribution in [0.4, 0.5) is 8.78 Å². The molecule has 16 heavy (non-hydrogen) atoms. The molecule has 0 aliphatic carbocycles. The normalized spacial score (nSPS) is 25.6. The van der Waals surface area contributed by atoms with Gasteiger partial charge in [-0.25, -0.2) is 8.78 Å². The fourth-order valence-electron chi connectivity index (χ4n) is 2.13. The van der Waals surface area contributed by atoms with E-state index in [1.165, 1.54) is 0 Å². The third-order valence-electron chi connectivity index (χ3n) is 2.71. The van der Waals surface area contributed by atoms with Crippen LogP contribution < -0.4 is 0 Å². The van der Waals surface area contributed by atoms with Gasteiger partial charge in [-0.2, -0.15) is 0 Å². The first-order valence-electron chi connectivity index (χ1n) is 5.37. The molecule has 1 N–H and O–H groups in total. The molecule has 0 bridgehead atoms. The average molecular weight is 227 g/mol. The lowest BCUT2D eigenvalue weighted by Gasteiger charge is -2.35. The maximum absolute atomic E-state index is 13.2. The zero-order chi connectivity index (χ0) is 11.6. The average Bonchev–Trinajstić information content (AvgIpc) is 2.15. The predicted molar refractivity (Wildman–Crippen MR) is 57.3 cm³/mol. The van der Waals surface area contributed by atoms with Crippen molar-refractivity contribution in [2.45, 2.75) is 25.0 Å². The molecule has 1 unspecified atom stereocenters. The Morgan fingerprint density at radius 3 is 2.62 bits per heavy atom. The number of benzene rings is 1. The summed E-state index contributed by atoms with van der Waals surface area (Å²) in [5.74, 6) is -2.77. The van der Waals surface area contributed by atoms with Crippen molar-refractivity contribution < 1.29 is 13.9 Å². The number of aliphatic hydroxyl groups is 1. The zero-order valence-corrected chi connectivity index (χ0v) is 8.94. The summed E-state index contributed by atoms with van der Waals surface area (Å²) >= 11 is 0. The number of halogens is 2. The van der Waals surface area contributed by atoms with Crippen molar-refractivity contribution in [1.82, 2.24) is 4.90 Å². The standard InChI is InChI=1S/C12H15F2NO/c13-12(14)6-11(16)8-15(9-12)7-10-4-2-1-3-5-10/h1-5,11,16H,6-9H2. The molecule has 1 atom stereocenters. The molecule has 0 spiro atoms. The molecule has 2 rings (SSSR count). The summed E-state index contributed by atoms with van der Waals surface area (Å²) in [6, 6.07) is 9.46. The molecule has 1 aromatic carbocycles. The van der Waals surface area contributed by atoms with Gasteiger partial charge in [-0.1, -0.05) is 30.3 Å². The number of β-amino-alcohol motifs (C(OH)–C–C–N with tert-alkyl or cyclic N) is 1. The number of nitrogens with zero attached hydrogens (tertiary/aromatic N) is 1. The van der Waals surface area contributed by atoms with E-state index in [4.69, 9.17) is 0 Å². The molecule has 2 nitrogen and oxygen atoms in total. The van der Waals surface area contributed by atoms with Crippen LogP contribution in [-0.4, -0.2) is 35.1 Å². The van der Waals surface area contributed by atoms with Crippen LogP contribution in [0.25, 0.3) is 0 Å². The van der Waals surface area contributed by atoms with Crippen molar-refractivity contribution in [2.75, 3.05) is 13.1 Å². The number of hydrogen-bond donors (Lipinski definition) is 1. The van der Waals surface area contributed by atoms with Crippen molar-refractivity contribution in [1.29, 1.82) is 0 Å². The Morgan fingerprint density at radius 2 is 2.00 bits per heavy atom. The fourth-order valence-corrected chi connectivity index (χ4v) is 2.13. The minimum absolute atomic E-state index is 0.265. The van der Waals surface area contributed by atoms with Crippen LogP contribution in [0.15, 0.2) is 30.3 Å². The number of alkyl halides is 2. The minimum Gasteiger partial charge on any atom is -0.392 e. The molecule has 1 aliphatic rings. The second-order valence-electron chi connectivity index (χ2n) is 4.37. The molecule has 0 radical (unpaired) electrons. The van der Waals surface area contributed by atoms with E-state index in [1.54, 1.807) is 4.90 Å². The Balaban J connectivity index is 2.00. The molecule has 88 valence electrons. The molecular formula is C12H15F2NO. The molecular weight excluding hydrogens is 212 g/mol. The Bertz CT molecular complexity index is 342. The van der Waals surface area contributed by atoms with Crippen LogP contribution in [0.5, 0.6) is 0 Å². The van der Waals surface area contributed by atoms with Crippen molar-refractivity contribution >= 4 is 0 Å². The molecule has 1 aromatic rings. The third-order valence-corrected chi connectivity index (χ3v) is 2.71. The first-order valence-corrected chi connectivity index (χ1v) is 5.37. The van der Waals surface area contributed by atoms with Crippen LogP contribution in [0, 0.1) is 0 Å². The largest absolute Gasteiger partial charge is 0.392 e. The highest BCUT2D eigenvalue weighted by molar-refractivity contribution is 5.14. The number of hydrogen-bond acceptors (Lipinski definition) is 2. The van der Waals surface area contributed by atoms with E-state index in [0.717, 1.165) is 5.56 Å². The van der Waals surface area contributed by atoms with Crippen molar-refractivity contribution in [3.8, 4) is 0 Å². The van der Waals surface area contributed by atoms with Crippen molar-refractivity contribution in [2.24, 2.45) is 0 Å². The topological polar surface area (TPSA) is 23.5 Å². The van der Waals surface area contributed by atoms with Gasteiger partial charge in [0.05, 0.1) is 12.6 Å². The highest BCUT2D eigenvalue weighted by atomic mass is 19.3. The van der Waals surface area contributed by atoms with E-state index in [0.29, 0.717) is 13.1 Å². The first-order chi connectivity index (χ1) is 7.55. The van der Waals surface area contributed by atoms with Gasteiger partial charge in [-0.15, -0.1) is 0 Å². The van der Waals surface area contributed by atoms with E-state index in [1.807, 2.05) is 30.3 Å². The molecule has 1 saturated heterocycles. The Kier molecular flexibility index (Phi) is 3.21. The van der Waals surface area contributed by atoms with Gasteiger partial charge < -0.3 is 5.11 Å². The van der Waals surface area contributed by atoms with Gasteiger partial charge in [0.1, 0.15) is 0 Å². The van der Waals surface area contributed by atoms with Crippen molar-refractivity contribution in [3.05, 3.63) is 35.9 Å². The minimum atomic E-state index is -2.77. The smallest absolute Gasteiger partial charge is 0.263 e. The van der Waals surface area contributed by atoms with E-state index in [-0.39, 0.29) is 6.54 Å². The number of likely N-dealkylation sites (tertiary alicyclic amines) is 1. The van der Waals surface area contributed by atoms with Gasteiger partial charge in [0.2, 0.25) is 0 Å². The van der Waals surface area contributed by atoms with Gasteiger partial charge in [0, 0.05) is 19.5 Å². The lowest BCUT2D eigenvalue weighted by atomic mass is 10.0. The summed E-state index contributed by atoms with van der Waals surface area (Å²) in [6.45, 7) is 0.525. The Morgan fingerprint density at radius 1 is 1.31 bits per heavy atom. The molecule has 1 aliphatic heterocycles. The second kappa shape index (κ2) is 4.47. The summed E-state index contributed by atoms with van der Waals surface area (Å²) < 4.78 is 26.4. The van der Waals surface area contributed by atoms with Gasteiger partial charge in [0.25, 0.3) is 5.92 Å². The summed E-state index contributed by atoms with van der Waals surface area (Å²) in [7, 11) is 0. The highest BCUT2D eigenvalue weighted by Gasteiger charge is 2.39. The van der Waals surface area contributed by atoms with Crippen LogP contribution in [0.3, 0.4) is 0 Å². The molecule has 1 heterocycles. The lowest BCUT2D eigenvalue weighted by Crippen LogP contribution is -2.48. The van der Waals surface area contributed by atoms with Gasteiger partial charge in [-0.05, 0) is 5.56 Å². The first kappa shape index (κ1) is 11.5.